The number of benzene rings is 2. The fraction of sp³-hybridized carbons (Fsp3) is 0.600. The largest absolute Gasteiger partial charge is 0.151 e. The molecule has 0 radical (unpaired) electrons. The molecule has 176 valence electrons. The van der Waals surface area contributed by atoms with Crippen LogP contribution < -0.4 is 0 Å². The van der Waals surface area contributed by atoms with Crippen molar-refractivity contribution >= 4 is 11.4 Å². The number of hydrogen-bond donors (Lipinski definition) is 0. The Hall–Kier alpha value is -1.96. The average Bonchev–Trinajstić information content (AvgIpc) is 2.83. The lowest BCUT2D eigenvalue weighted by Crippen LogP contribution is -1.86. The molecular formula is C30H46N2. The van der Waals surface area contributed by atoms with Gasteiger partial charge in [0.15, 0.2) is 0 Å². The van der Waals surface area contributed by atoms with Crippen molar-refractivity contribution in [2.24, 2.45) is 10.2 Å². The normalized spacial score (nSPS) is 11.4. The maximum atomic E-state index is 4.42. The molecule has 0 aromatic heterocycles. The van der Waals surface area contributed by atoms with Gasteiger partial charge < -0.3 is 0 Å². The standard InChI is InChI=1S/C30H46N2/c1-3-5-7-9-11-13-15-17-27-19-23-29(24-20-27)31-32-30-25-21-28(22-26-30)18-16-14-12-10-8-6-4-2/h19-26H,3-18H2,1-2H3. The number of unbranched alkanes of at least 4 members (excludes halogenated alkanes) is 12. The molecule has 0 aliphatic heterocycles. The van der Waals surface area contributed by atoms with Crippen LogP contribution in [0, 0.1) is 0 Å². The molecule has 0 atom stereocenters. The zero-order valence-electron chi connectivity index (χ0n) is 20.8. The highest BCUT2D eigenvalue weighted by Crippen LogP contribution is 2.21. The van der Waals surface area contributed by atoms with Crippen LogP contribution in [-0.2, 0) is 12.8 Å². The minimum atomic E-state index is 0.931. The number of nitrogens with zero attached hydrogens (tertiary/aromatic N) is 2. The minimum Gasteiger partial charge on any atom is -0.151 e. The van der Waals surface area contributed by atoms with Gasteiger partial charge in [0.05, 0.1) is 11.4 Å². The molecule has 0 saturated heterocycles. The van der Waals surface area contributed by atoms with Gasteiger partial charge in [0.2, 0.25) is 0 Å². The highest BCUT2D eigenvalue weighted by atomic mass is 15.1. The first-order chi connectivity index (χ1) is 15.8. The van der Waals surface area contributed by atoms with E-state index in [2.05, 4.69) is 72.6 Å². The van der Waals surface area contributed by atoms with Gasteiger partial charge in [0.1, 0.15) is 0 Å². The molecule has 2 aromatic carbocycles. The number of rotatable bonds is 18. The topological polar surface area (TPSA) is 24.7 Å². The third-order valence-corrected chi connectivity index (χ3v) is 6.29. The summed E-state index contributed by atoms with van der Waals surface area (Å²) in [4.78, 5) is 0. The van der Waals surface area contributed by atoms with Gasteiger partial charge in [0.25, 0.3) is 0 Å². The Labute approximate surface area is 198 Å². The van der Waals surface area contributed by atoms with Crippen LogP contribution in [0.15, 0.2) is 58.8 Å². The minimum absolute atomic E-state index is 0.931. The molecule has 0 saturated carbocycles. The van der Waals surface area contributed by atoms with Crippen molar-refractivity contribution in [1.29, 1.82) is 0 Å². The van der Waals surface area contributed by atoms with E-state index in [0.717, 1.165) is 11.4 Å². The molecule has 2 heteroatoms. The second-order valence-electron chi connectivity index (χ2n) is 9.28. The van der Waals surface area contributed by atoms with E-state index in [-0.39, 0.29) is 0 Å². The molecular weight excluding hydrogens is 388 g/mol. The Kier molecular flexibility index (Phi) is 14.4. The van der Waals surface area contributed by atoms with Crippen LogP contribution in [0.1, 0.15) is 115 Å². The first-order valence-electron chi connectivity index (χ1n) is 13.4. The molecule has 0 fully saturated rings. The van der Waals surface area contributed by atoms with Crippen molar-refractivity contribution in [3.8, 4) is 0 Å². The molecule has 0 bridgehead atoms. The first-order valence-corrected chi connectivity index (χ1v) is 13.4. The van der Waals surface area contributed by atoms with Gasteiger partial charge in [-0.25, -0.2) is 0 Å². The predicted octanol–water partition coefficient (Wildman–Crippen LogP) is 10.7. The van der Waals surface area contributed by atoms with Crippen molar-refractivity contribution in [1.82, 2.24) is 0 Å². The van der Waals surface area contributed by atoms with Crippen LogP contribution in [-0.4, -0.2) is 0 Å². The van der Waals surface area contributed by atoms with E-state index in [1.165, 1.54) is 114 Å². The quantitative estimate of drug-likeness (QED) is 0.165. The van der Waals surface area contributed by atoms with Crippen LogP contribution in [0.2, 0.25) is 0 Å². The maximum Gasteiger partial charge on any atom is 0.0857 e. The fourth-order valence-electron chi connectivity index (χ4n) is 4.15. The number of aryl methyl sites for hydroxylation is 2. The molecule has 2 aromatic rings. The van der Waals surface area contributed by atoms with E-state index in [1.807, 2.05) is 0 Å². The molecule has 0 heterocycles. The predicted molar refractivity (Wildman–Crippen MR) is 140 cm³/mol. The molecule has 2 nitrogen and oxygen atoms in total. The molecule has 0 unspecified atom stereocenters. The van der Waals surface area contributed by atoms with Crippen LogP contribution in [0.3, 0.4) is 0 Å². The molecule has 0 aliphatic rings. The van der Waals surface area contributed by atoms with Gasteiger partial charge in [0, 0.05) is 0 Å². The van der Waals surface area contributed by atoms with Crippen molar-refractivity contribution in [2.75, 3.05) is 0 Å². The van der Waals surface area contributed by atoms with Crippen LogP contribution in [0.4, 0.5) is 11.4 Å². The number of azo groups is 1. The van der Waals surface area contributed by atoms with Crippen molar-refractivity contribution < 1.29 is 0 Å². The monoisotopic (exact) mass is 434 g/mol. The molecule has 32 heavy (non-hydrogen) atoms. The molecule has 0 N–H and O–H groups in total. The average molecular weight is 435 g/mol. The summed E-state index contributed by atoms with van der Waals surface area (Å²) in [6, 6.07) is 17.2. The van der Waals surface area contributed by atoms with E-state index in [0.29, 0.717) is 0 Å². The third kappa shape index (κ3) is 12.2. The Balaban J connectivity index is 1.64. The van der Waals surface area contributed by atoms with Gasteiger partial charge in [-0.3, -0.25) is 0 Å². The summed E-state index contributed by atoms with van der Waals surface area (Å²) < 4.78 is 0. The van der Waals surface area contributed by atoms with Crippen molar-refractivity contribution in [3.63, 3.8) is 0 Å². The summed E-state index contributed by atoms with van der Waals surface area (Å²) in [5, 5.41) is 8.84. The van der Waals surface area contributed by atoms with E-state index < -0.39 is 0 Å². The summed E-state index contributed by atoms with van der Waals surface area (Å²) in [5.74, 6) is 0. The van der Waals surface area contributed by atoms with Crippen molar-refractivity contribution in [3.05, 3.63) is 59.7 Å². The first kappa shape index (κ1) is 26.3. The molecule has 0 aliphatic carbocycles. The summed E-state index contributed by atoms with van der Waals surface area (Å²) in [6.07, 6.45) is 21.4. The highest BCUT2D eigenvalue weighted by Gasteiger charge is 1.98. The lowest BCUT2D eigenvalue weighted by Gasteiger charge is -2.03. The molecule has 2 rings (SSSR count). The van der Waals surface area contributed by atoms with Crippen LogP contribution in [0.5, 0.6) is 0 Å². The lowest BCUT2D eigenvalue weighted by molar-refractivity contribution is 0.589. The maximum absolute atomic E-state index is 4.42. The van der Waals surface area contributed by atoms with Crippen LogP contribution >= 0.6 is 0 Å². The van der Waals surface area contributed by atoms with Gasteiger partial charge in [-0.15, -0.1) is 0 Å². The smallest absolute Gasteiger partial charge is 0.0857 e. The summed E-state index contributed by atoms with van der Waals surface area (Å²) in [7, 11) is 0. The van der Waals surface area contributed by atoms with Crippen molar-refractivity contribution in [2.45, 2.75) is 117 Å². The third-order valence-electron chi connectivity index (χ3n) is 6.29. The van der Waals surface area contributed by atoms with E-state index in [9.17, 15) is 0 Å². The zero-order chi connectivity index (χ0) is 22.7. The second kappa shape index (κ2) is 17.6. The Morgan fingerprint density at radius 1 is 0.406 bits per heavy atom. The van der Waals surface area contributed by atoms with Crippen LogP contribution in [0.25, 0.3) is 0 Å². The van der Waals surface area contributed by atoms with E-state index >= 15 is 0 Å². The Morgan fingerprint density at radius 3 is 1.06 bits per heavy atom. The second-order valence-corrected chi connectivity index (χ2v) is 9.28. The summed E-state index contributed by atoms with van der Waals surface area (Å²) >= 11 is 0. The van der Waals surface area contributed by atoms with Gasteiger partial charge >= 0.3 is 0 Å². The van der Waals surface area contributed by atoms with E-state index in [4.69, 9.17) is 0 Å². The molecule has 0 spiro atoms. The van der Waals surface area contributed by atoms with E-state index in [1.54, 1.807) is 0 Å². The Bertz CT molecular complexity index is 652. The Morgan fingerprint density at radius 2 is 0.719 bits per heavy atom. The van der Waals surface area contributed by atoms with Gasteiger partial charge in [-0.2, -0.15) is 10.2 Å². The molecule has 0 amide bonds. The zero-order valence-corrected chi connectivity index (χ0v) is 20.8. The fourth-order valence-corrected chi connectivity index (χ4v) is 4.15. The van der Waals surface area contributed by atoms with Gasteiger partial charge in [-0.05, 0) is 61.1 Å². The summed E-state index contributed by atoms with van der Waals surface area (Å²) in [5.41, 5.74) is 4.68. The lowest BCUT2D eigenvalue weighted by atomic mass is 10.0. The summed E-state index contributed by atoms with van der Waals surface area (Å²) in [6.45, 7) is 4.55. The highest BCUT2D eigenvalue weighted by molar-refractivity contribution is 5.42. The van der Waals surface area contributed by atoms with Gasteiger partial charge in [-0.1, -0.05) is 115 Å². The SMILES string of the molecule is CCCCCCCCCc1ccc(N=Nc2ccc(CCCCCCCCC)cc2)cc1. The number of hydrogen-bond acceptors (Lipinski definition) is 2.